The van der Waals surface area contributed by atoms with Gasteiger partial charge in [-0.3, -0.25) is 10.1 Å². The van der Waals surface area contributed by atoms with Crippen molar-refractivity contribution >= 4 is 35.1 Å². The second-order valence-electron chi connectivity index (χ2n) is 4.69. The van der Waals surface area contributed by atoms with Crippen LogP contribution in [0, 0.1) is 0 Å². The van der Waals surface area contributed by atoms with Crippen LogP contribution in [0.25, 0.3) is 11.5 Å². The number of anilines is 1. The first-order chi connectivity index (χ1) is 11.6. The molecule has 1 N–H and O–H groups in total. The fraction of sp³-hybridized carbons (Fsp3) is 0.0625. The Hall–Kier alpha value is -2.57. The van der Waals surface area contributed by atoms with Gasteiger partial charge < -0.3 is 9.15 Å². The fourth-order valence-corrected chi connectivity index (χ4v) is 2.41. The van der Waals surface area contributed by atoms with Crippen molar-refractivity contribution in [2.75, 3.05) is 12.4 Å². The summed E-state index contributed by atoms with van der Waals surface area (Å²) in [6.45, 7) is 0. The van der Waals surface area contributed by atoms with Crippen molar-refractivity contribution in [3.05, 3.63) is 58.1 Å². The molecule has 3 rings (SSSR count). The van der Waals surface area contributed by atoms with Crippen molar-refractivity contribution in [3.8, 4) is 17.2 Å². The minimum absolute atomic E-state index is 0.0584. The highest BCUT2D eigenvalue weighted by Gasteiger charge is 2.17. The van der Waals surface area contributed by atoms with E-state index in [0.29, 0.717) is 26.9 Å². The monoisotopic (exact) mass is 363 g/mol. The summed E-state index contributed by atoms with van der Waals surface area (Å²) in [5.41, 5.74) is 0.829. The second-order valence-corrected chi connectivity index (χ2v) is 5.53. The van der Waals surface area contributed by atoms with Crippen molar-refractivity contribution in [3.63, 3.8) is 0 Å². The van der Waals surface area contributed by atoms with E-state index in [9.17, 15) is 4.79 Å². The molecule has 1 aromatic heterocycles. The van der Waals surface area contributed by atoms with E-state index >= 15 is 0 Å². The Balaban J connectivity index is 1.84. The number of aromatic nitrogens is 2. The van der Waals surface area contributed by atoms with Crippen molar-refractivity contribution in [2.45, 2.75) is 0 Å². The molecule has 0 bridgehead atoms. The number of carbonyl (C=O) groups is 1. The van der Waals surface area contributed by atoms with Crippen molar-refractivity contribution in [1.29, 1.82) is 0 Å². The number of methoxy groups -OCH3 is 1. The number of ether oxygens (including phenoxy) is 1. The van der Waals surface area contributed by atoms with Gasteiger partial charge in [0.2, 0.25) is 0 Å². The number of amides is 1. The molecule has 2 aromatic carbocycles. The number of para-hydroxylation sites is 1. The average molecular weight is 364 g/mol. The average Bonchev–Trinajstić information content (AvgIpc) is 3.05. The Morgan fingerprint density at radius 3 is 2.75 bits per heavy atom. The Morgan fingerprint density at radius 1 is 1.17 bits per heavy atom. The number of rotatable bonds is 4. The van der Waals surface area contributed by atoms with Gasteiger partial charge in [-0.05, 0) is 30.3 Å². The first-order valence-electron chi connectivity index (χ1n) is 6.82. The standard InChI is InChI=1S/C16H11Cl2N3O3/c1-23-13-5-3-2-4-10(13)14(22)19-16-21-20-15(24-16)11-8-9(17)6-7-12(11)18/h2-8H,1H3,(H,19,21,22). The topological polar surface area (TPSA) is 77.2 Å². The van der Waals surface area contributed by atoms with E-state index in [2.05, 4.69) is 15.5 Å². The number of carbonyl (C=O) groups excluding carboxylic acids is 1. The Kier molecular flexibility index (Phi) is 4.69. The summed E-state index contributed by atoms with van der Waals surface area (Å²) >= 11 is 12.0. The number of halogens is 2. The third-order valence-corrected chi connectivity index (χ3v) is 3.72. The first kappa shape index (κ1) is 16.3. The highest BCUT2D eigenvalue weighted by atomic mass is 35.5. The number of benzene rings is 2. The van der Waals surface area contributed by atoms with Gasteiger partial charge >= 0.3 is 6.01 Å². The van der Waals surface area contributed by atoms with Gasteiger partial charge in [-0.15, -0.1) is 5.10 Å². The molecule has 8 heteroatoms. The van der Waals surface area contributed by atoms with Gasteiger partial charge in [0.15, 0.2) is 0 Å². The molecule has 1 heterocycles. The zero-order chi connectivity index (χ0) is 17.1. The number of hydrogen-bond donors (Lipinski definition) is 1. The highest BCUT2D eigenvalue weighted by Crippen LogP contribution is 2.30. The lowest BCUT2D eigenvalue weighted by atomic mass is 10.2. The molecule has 0 spiro atoms. The van der Waals surface area contributed by atoms with E-state index in [1.54, 1.807) is 42.5 Å². The van der Waals surface area contributed by atoms with E-state index in [1.165, 1.54) is 7.11 Å². The van der Waals surface area contributed by atoms with E-state index in [0.717, 1.165) is 0 Å². The minimum atomic E-state index is -0.431. The van der Waals surface area contributed by atoms with Crippen LogP contribution in [0.3, 0.4) is 0 Å². The number of nitrogens with one attached hydrogen (secondary N) is 1. The number of nitrogens with zero attached hydrogens (tertiary/aromatic N) is 2. The molecule has 3 aromatic rings. The molecule has 0 aliphatic heterocycles. The van der Waals surface area contributed by atoms with E-state index < -0.39 is 5.91 Å². The summed E-state index contributed by atoms with van der Waals surface area (Å²) in [4.78, 5) is 12.3. The molecule has 0 atom stereocenters. The highest BCUT2D eigenvalue weighted by molar-refractivity contribution is 6.35. The molecule has 1 amide bonds. The summed E-state index contributed by atoms with van der Waals surface area (Å²) in [6, 6.07) is 11.6. The molecule has 0 unspecified atom stereocenters. The molecule has 122 valence electrons. The van der Waals surface area contributed by atoms with Gasteiger partial charge in [0, 0.05) is 5.02 Å². The molecule has 0 fully saturated rings. The Bertz CT molecular complexity index is 896. The first-order valence-corrected chi connectivity index (χ1v) is 7.57. The quantitative estimate of drug-likeness (QED) is 0.747. The van der Waals surface area contributed by atoms with Gasteiger partial charge in [0.05, 0.1) is 23.3 Å². The lowest BCUT2D eigenvalue weighted by Crippen LogP contribution is -2.13. The zero-order valence-electron chi connectivity index (χ0n) is 12.4. The maximum atomic E-state index is 12.3. The van der Waals surface area contributed by atoms with Gasteiger partial charge in [-0.25, -0.2) is 0 Å². The SMILES string of the molecule is COc1ccccc1C(=O)Nc1nnc(-c2cc(Cl)ccc2Cl)o1. The summed E-state index contributed by atoms with van der Waals surface area (Å²) < 4.78 is 10.6. The molecule has 0 saturated heterocycles. The van der Waals surface area contributed by atoms with Crippen molar-refractivity contribution in [2.24, 2.45) is 0 Å². The van der Waals surface area contributed by atoms with Crippen LogP contribution in [-0.2, 0) is 0 Å². The summed E-state index contributed by atoms with van der Waals surface area (Å²) in [6.07, 6.45) is 0. The summed E-state index contributed by atoms with van der Waals surface area (Å²) in [5, 5.41) is 11.1. The van der Waals surface area contributed by atoms with Crippen LogP contribution in [-0.4, -0.2) is 23.2 Å². The normalized spacial score (nSPS) is 10.5. The van der Waals surface area contributed by atoms with Gasteiger partial charge in [0.25, 0.3) is 11.8 Å². The smallest absolute Gasteiger partial charge is 0.322 e. The maximum absolute atomic E-state index is 12.3. The third-order valence-electron chi connectivity index (χ3n) is 3.16. The minimum Gasteiger partial charge on any atom is -0.496 e. The fourth-order valence-electron chi connectivity index (χ4n) is 2.04. The molecule has 0 aliphatic rings. The van der Waals surface area contributed by atoms with Gasteiger partial charge in [-0.1, -0.05) is 40.4 Å². The van der Waals surface area contributed by atoms with Crippen molar-refractivity contribution in [1.82, 2.24) is 10.2 Å². The summed E-state index contributed by atoms with van der Waals surface area (Å²) in [5.74, 6) is 0.158. The largest absolute Gasteiger partial charge is 0.496 e. The molecular weight excluding hydrogens is 353 g/mol. The molecule has 0 aliphatic carbocycles. The lowest BCUT2D eigenvalue weighted by Gasteiger charge is -2.06. The van der Waals surface area contributed by atoms with Crippen LogP contribution >= 0.6 is 23.2 Å². The molecular formula is C16H11Cl2N3O3. The van der Waals surface area contributed by atoms with Crippen LogP contribution in [0.4, 0.5) is 6.01 Å². The van der Waals surface area contributed by atoms with Crippen LogP contribution in [0.1, 0.15) is 10.4 Å². The lowest BCUT2D eigenvalue weighted by molar-refractivity contribution is 0.102. The third kappa shape index (κ3) is 3.34. The van der Waals surface area contributed by atoms with Crippen LogP contribution < -0.4 is 10.1 Å². The molecule has 0 radical (unpaired) electrons. The second kappa shape index (κ2) is 6.90. The number of hydrogen-bond acceptors (Lipinski definition) is 5. The predicted molar refractivity (Wildman–Crippen MR) is 90.7 cm³/mol. The van der Waals surface area contributed by atoms with Crippen LogP contribution in [0.15, 0.2) is 46.9 Å². The van der Waals surface area contributed by atoms with E-state index in [-0.39, 0.29) is 11.9 Å². The van der Waals surface area contributed by atoms with Gasteiger partial charge in [0.1, 0.15) is 5.75 Å². The van der Waals surface area contributed by atoms with Crippen LogP contribution in [0.5, 0.6) is 5.75 Å². The zero-order valence-corrected chi connectivity index (χ0v) is 13.9. The summed E-state index contributed by atoms with van der Waals surface area (Å²) in [7, 11) is 1.48. The predicted octanol–water partition coefficient (Wildman–Crippen LogP) is 4.30. The Morgan fingerprint density at radius 2 is 1.96 bits per heavy atom. The maximum Gasteiger partial charge on any atom is 0.322 e. The van der Waals surface area contributed by atoms with Crippen molar-refractivity contribution < 1.29 is 13.9 Å². The van der Waals surface area contributed by atoms with Crippen LogP contribution in [0.2, 0.25) is 10.0 Å². The molecule has 0 saturated carbocycles. The van der Waals surface area contributed by atoms with Gasteiger partial charge in [-0.2, -0.15) is 0 Å². The van der Waals surface area contributed by atoms with E-state index in [1.807, 2.05) is 0 Å². The van der Waals surface area contributed by atoms with E-state index in [4.69, 9.17) is 32.4 Å². The molecule has 6 nitrogen and oxygen atoms in total. The Labute approximate surface area is 147 Å². The molecule has 24 heavy (non-hydrogen) atoms.